The Kier molecular flexibility index (Phi) is 5.78. The van der Waals surface area contributed by atoms with Gasteiger partial charge in [0.05, 0.1) is 0 Å². The molecule has 0 bridgehead atoms. The minimum absolute atomic E-state index is 0.161. The average Bonchev–Trinajstić information content (AvgIpc) is 2.52. The number of rotatable bonds is 7. The van der Waals surface area contributed by atoms with Gasteiger partial charge in [-0.3, -0.25) is 0 Å². The first-order valence-corrected chi connectivity index (χ1v) is 7.18. The van der Waals surface area contributed by atoms with Gasteiger partial charge < -0.3 is 10.2 Å². The zero-order valence-corrected chi connectivity index (χ0v) is 11.7. The number of hydrogen-bond acceptors (Lipinski definition) is 2. The summed E-state index contributed by atoms with van der Waals surface area (Å²) in [6.07, 6.45) is 1.42. The predicted molar refractivity (Wildman–Crippen MR) is 81.8 cm³/mol. The van der Waals surface area contributed by atoms with Gasteiger partial charge in [-0.1, -0.05) is 60.7 Å². The van der Waals surface area contributed by atoms with Gasteiger partial charge in [-0.25, -0.2) is 0 Å². The summed E-state index contributed by atoms with van der Waals surface area (Å²) in [5.41, 5.74) is 2.45. The molecule has 0 spiro atoms. The molecule has 0 aromatic heterocycles. The lowest BCUT2D eigenvalue weighted by molar-refractivity contribution is 0.240. The van der Waals surface area contributed by atoms with E-state index in [4.69, 9.17) is 0 Å². The van der Waals surface area contributed by atoms with Crippen molar-refractivity contribution < 1.29 is 10.2 Å². The highest BCUT2D eigenvalue weighted by Gasteiger charge is 2.23. The van der Waals surface area contributed by atoms with E-state index < -0.39 is 0 Å². The zero-order chi connectivity index (χ0) is 14.2. The highest BCUT2D eigenvalue weighted by Crippen LogP contribution is 2.37. The lowest BCUT2D eigenvalue weighted by Crippen LogP contribution is -2.14. The normalized spacial score (nSPS) is 13.9. The quantitative estimate of drug-likeness (QED) is 0.810. The fourth-order valence-corrected chi connectivity index (χ4v) is 2.88. The predicted octanol–water partition coefficient (Wildman–Crippen LogP) is 3.32. The molecule has 2 heteroatoms. The molecule has 0 saturated heterocycles. The van der Waals surface area contributed by atoms with Crippen molar-refractivity contribution in [2.75, 3.05) is 13.2 Å². The van der Waals surface area contributed by atoms with Crippen LogP contribution in [0.5, 0.6) is 0 Å². The van der Waals surface area contributed by atoms with E-state index in [-0.39, 0.29) is 25.0 Å². The van der Waals surface area contributed by atoms with Crippen molar-refractivity contribution in [2.45, 2.75) is 24.7 Å². The summed E-state index contributed by atoms with van der Waals surface area (Å²) in [4.78, 5) is 0. The molecule has 2 aromatic carbocycles. The number of benzene rings is 2. The topological polar surface area (TPSA) is 40.5 Å². The standard InChI is InChI=1S/C18H22O2/c19-13-11-17(15-7-3-1-4-8-15)18(12-14-20)16-9-5-2-6-10-16/h1-10,17-20H,11-14H2. The van der Waals surface area contributed by atoms with Crippen LogP contribution in [-0.2, 0) is 0 Å². The van der Waals surface area contributed by atoms with Gasteiger partial charge in [0, 0.05) is 13.2 Å². The molecule has 2 nitrogen and oxygen atoms in total. The Bertz CT molecular complexity index is 434. The molecule has 0 radical (unpaired) electrons. The van der Waals surface area contributed by atoms with Gasteiger partial charge in [0.1, 0.15) is 0 Å². The summed E-state index contributed by atoms with van der Waals surface area (Å²) in [7, 11) is 0. The summed E-state index contributed by atoms with van der Waals surface area (Å²) >= 11 is 0. The third-order valence-electron chi connectivity index (χ3n) is 3.82. The number of aliphatic hydroxyl groups is 2. The fourth-order valence-electron chi connectivity index (χ4n) is 2.88. The van der Waals surface area contributed by atoms with Crippen molar-refractivity contribution in [3.63, 3.8) is 0 Å². The van der Waals surface area contributed by atoms with E-state index in [2.05, 4.69) is 24.3 Å². The molecule has 0 aliphatic rings. The molecular formula is C18H22O2. The van der Waals surface area contributed by atoms with Gasteiger partial charge >= 0.3 is 0 Å². The number of aliphatic hydroxyl groups excluding tert-OH is 2. The van der Waals surface area contributed by atoms with Crippen molar-refractivity contribution in [1.29, 1.82) is 0 Å². The van der Waals surface area contributed by atoms with Gasteiger partial charge in [-0.2, -0.15) is 0 Å². The van der Waals surface area contributed by atoms with Crippen LogP contribution in [0.1, 0.15) is 35.8 Å². The fraction of sp³-hybridized carbons (Fsp3) is 0.333. The highest BCUT2D eigenvalue weighted by molar-refractivity contribution is 5.28. The van der Waals surface area contributed by atoms with Crippen molar-refractivity contribution >= 4 is 0 Å². The van der Waals surface area contributed by atoms with Gasteiger partial charge in [0.15, 0.2) is 0 Å². The monoisotopic (exact) mass is 270 g/mol. The van der Waals surface area contributed by atoms with Gasteiger partial charge in [0.2, 0.25) is 0 Å². The molecular weight excluding hydrogens is 248 g/mol. The van der Waals surface area contributed by atoms with Crippen LogP contribution < -0.4 is 0 Å². The van der Waals surface area contributed by atoms with Crippen molar-refractivity contribution in [3.05, 3.63) is 71.8 Å². The van der Waals surface area contributed by atoms with E-state index in [0.717, 1.165) is 0 Å². The van der Waals surface area contributed by atoms with Crippen molar-refractivity contribution in [1.82, 2.24) is 0 Å². The molecule has 2 atom stereocenters. The molecule has 0 amide bonds. The Hall–Kier alpha value is -1.64. The largest absolute Gasteiger partial charge is 0.396 e. The van der Waals surface area contributed by atoms with Crippen LogP contribution in [0.15, 0.2) is 60.7 Å². The molecule has 2 rings (SSSR count). The van der Waals surface area contributed by atoms with E-state index in [9.17, 15) is 10.2 Å². The van der Waals surface area contributed by atoms with E-state index >= 15 is 0 Å². The molecule has 0 fully saturated rings. The van der Waals surface area contributed by atoms with E-state index in [1.165, 1.54) is 11.1 Å². The molecule has 106 valence electrons. The Morgan fingerprint density at radius 2 is 0.950 bits per heavy atom. The second-order valence-electron chi connectivity index (χ2n) is 5.06. The second kappa shape index (κ2) is 7.83. The van der Waals surface area contributed by atoms with Gasteiger partial charge in [0.25, 0.3) is 0 Å². The molecule has 0 saturated carbocycles. The first-order chi connectivity index (χ1) is 9.86. The van der Waals surface area contributed by atoms with Gasteiger partial charge in [-0.15, -0.1) is 0 Å². The molecule has 2 N–H and O–H groups in total. The summed E-state index contributed by atoms with van der Waals surface area (Å²) in [6, 6.07) is 20.5. The Labute approximate surface area is 120 Å². The van der Waals surface area contributed by atoms with Crippen LogP contribution in [0, 0.1) is 0 Å². The average molecular weight is 270 g/mol. The molecule has 0 aliphatic carbocycles. The molecule has 2 aromatic rings. The highest BCUT2D eigenvalue weighted by atomic mass is 16.3. The summed E-state index contributed by atoms with van der Waals surface area (Å²) in [6.45, 7) is 0.322. The van der Waals surface area contributed by atoms with Gasteiger partial charge in [-0.05, 0) is 35.8 Å². The SMILES string of the molecule is OCCC(c1ccccc1)C(CCO)c1ccccc1. The summed E-state index contributed by atoms with van der Waals surface area (Å²) in [5, 5.41) is 18.8. The zero-order valence-electron chi connectivity index (χ0n) is 11.7. The van der Waals surface area contributed by atoms with E-state index in [1.807, 2.05) is 36.4 Å². The molecule has 0 aliphatic heterocycles. The smallest absolute Gasteiger partial charge is 0.0437 e. The van der Waals surface area contributed by atoms with E-state index in [0.29, 0.717) is 12.8 Å². The lowest BCUT2D eigenvalue weighted by Gasteiger charge is -2.27. The first kappa shape index (κ1) is 14.8. The minimum Gasteiger partial charge on any atom is -0.396 e. The third-order valence-corrected chi connectivity index (χ3v) is 3.82. The summed E-state index contributed by atoms with van der Waals surface area (Å²) < 4.78 is 0. The van der Waals surface area contributed by atoms with Crippen LogP contribution in [-0.4, -0.2) is 23.4 Å². The van der Waals surface area contributed by atoms with Crippen LogP contribution in [0.2, 0.25) is 0 Å². The maximum Gasteiger partial charge on any atom is 0.0437 e. The Morgan fingerprint density at radius 3 is 1.25 bits per heavy atom. The molecule has 2 unspecified atom stereocenters. The van der Waals surface area contributed by atoms with Crippen LogP contribution in [0.25, 0.3) is 0 Å². The summed E-state index contributed by atoms with van der Waals surface area (Å²) in [5.74, 6) is 0.464. The Balaban J connectivity index is 2.33. The molecule has 0 heterocycles. The second-order valence-corrected chi connectivity index (χ2v) is 5.06. The van der Waals surface area contributed by atoms with Crippen LogP contribution >= 0.6 is 0 Å². The maximum atomic E-state index is 9.40. The maximum absolute atomic E-state index is 9.40. The third kappa shape index (κ3) is 3.69. The first-order valence-electron chi connectivity index (χ1n) is 7.18. The van der Waals surface area contributed by atoms with E-state index in [1.54, 1.807) is 0 Å². The van der Waals surface area contributed by atoms with Crippen LogP contribution in [0.4, 0.5) is 0 Å². The minimum atomic E-state index is 0.161. The molecule has 20 heavy (non-hydrogen) atoms. The lowest BCUT2D eigenvalue weighted by atomic mass is 9.78. The Morgan fingerprint density at radius 1 is 0.600 bits per heavy atom. The van der Waals surface area contributed by atoms with Crippen molar-refractivity contribution in [2.24, 2.45) is 0 Å². The van der Waals surface area contributed by atoms with Crippen LogP contribution in [0.3, 0.4) is 0 Å². The van der Waals surface area contributed by atoms with Crippen molar-refractivity contribution in [3.8, 4) is 0 Å². The number of hydrogen-bond donors (Lipinski definition) is 2.